The molecule has 0 bridgehead atoms. The summed E-state index contributed by atoms with van der Waals surface area (Å²) in [5.41, 5.74) is 0.876. The van der Waals surface area contributed by atoms with E-state index >= 15 is 0 Å². The van der Waals surface area contributed by atoms with Crippen molar-refractivity contribution in [1.82, 2.24) is 0 Å². The van der Waals surface area contributed by atoms with Crippen LogP contribution in [-0.2, 0) is 0 Å². The summed E-state index contributed by atoms with van der Waals surface area (Å²) in [4.78, 5) is 0. The molecule has 0 aliphatic rings. The fourth-order valence-electron chi connectivity index (χ4n) is 4.64. The smallest absolute Gasteiger partial charge is 0.169 e. The van der Waals surface area contributed by atoms with Gasteiger partial charge in [-0.1, -0.05) is 99.9 Å². The zero-order valence-electron chi connectivity index (χ0n) is 21.6. The highest BCUT2D eigenvalue weighted by atomic mass is 79.9. The van der Waals surface area contributed by atoms with Crippen LogP contribution in [-0.4, -0.2) is 13.2 Å². The van der Waals surface area contributed by atoms with Gasteiger partial charge >= 0.3 is 0 Å². The molecule has 0 aliphatic carbocycles. The molecular weight excluding hydrogens is 496 g/mol. The van der Waals surface area contributed by atoms with Gasteiger partial charge in [0.05, 0.1) is 13.2 Å². The van der Waals surface area contributed by atoms with Gasteiger partial charge in [-0.15, -0.1) is 6.42 Å². The topological polar surface area (TPSA) is 18.5 Å². The van der Waals surface area contributed by atoms with Crippen molar-refractivity contribution in [3.63, 3.8) is 0 Å². The molecule has 0 radical (unpaired) electrons. The minimum absolute atomic E-state index is 0.702. The Balaban J connectivity index is 1.88. The zero-order chi connectivity index (χ0) is 24.9. The third kappa shape index (κ3) is 7.91. The Morgan fingerprint density at radius 3 is 1.66 bits per heavy atom. The second-order valence-electron chi connectivity index (χ2n) is 9.49. The van der Waals surface area contributed by atoms with Gasteiger partial charge in [0.25, 0.3) is 0 Å². The van der Waals surface area contributed by atoms with E-state index in [4.69, 9.17) is 15.9 Å². The van der Waals surface area contributed by atoms with Crippen LogP contribution in [0.2, 0.25) is 0 Å². The first-order chi connectivity index (χ1) is 17.2. The Morgan fingerprint density at radius 2 is 1.11 bits per heavy atom. The predicted octanol–water partition coefficient (Wildman–Crippen LogP) is 10.2. The lowest BCUT2D eigenvalue weighted by atomic mass is 9.98. The summed E-state index contributed by atoms with van der Waals surface area (Å²) in [7, 11) is 0. The molecule has 0 fully saturated rings. The maximum Gasteiger partial charge on any atom is 0.169 e. The minimum atomic E-state index is 0.702. The molecule has 0 spiro atoms. The predicted molar refractivity (Wildman–Crippen MR) is 155 cm³/mol. The molecule has 35 heavy (non-hydrogen) atoms. The summed E-state index contributed by atoms with van der Waals surface area (Å²) in [6, 6.07) is 12.6. The number of benzene rings is 3. The van der Waals surface area contributed by atoms with Gasteiger partial charge in [-0.3, -0.25) is 0 Å². The van der Waals surface area contributed by atoms with E-state index in [9.17, 15) is 0 Å². The van der Waals surface area contributed by atoms with Crippen molar-refractivity contribution in [1.29, 1.82) is 0 Å². The normalized spacial score (nSPS) is 11.1. The number of terminal acetylenes is 1. The number of ether oxygens (including phenoxy) is 2. The fourth-order valence-corrected chi connectivity index (χ4v) is 5.00. The quantitative estimate of drug-likeness (QED) is 0.103. The number of fused-ring (bicyclic) bond motifs is 3. The maximum atomic E-state index is 6.49. The number of unbranched alkanes of at least 4 members (excludes halogenated alkanes) is 10. The van der Waals surface area contributed by atoms with Crippen LogP contribution < -0.4 is 9.47 Å². The summed E-state index contributed by atoms with van der Waals surface area (Å²) >= 11 is 3.66. The first kappa shape index (κ1) is 27.4. The molecule has 2 nitrogen and oxygen atoms in total. The lowest BCUT2D eigenvalue weighted by molar-refractivity contribution is 0.263. The minimum Gasteiger partial charge on any atom is -0.489 e. The second kappa shape index (κ2) is 15.0. The molecule has 0 aromatic heterocycles. The van der Waals surface area contributed by atoms with Gasteiger partial charge in [0.15, 0.2) is 11.5 Å². The van der Waals surface area contributed by atoms with Crippen molar-refractivity contribution in [2.75, 3.05) is 13.2 Å². The Kier molecular flexibility index (Phi) is 11.8. The van der Waals surface area contributed by atoms with E-state index in [1.54, 1.807) is 0 Å². The molecule has 0 saturated heterocycles. The van der Waals surface area contributed by atoms with Crippen LogP contribution in [0, 0.1) is 12.3 Å². The molecular formula is C32H41BrO2. The number of rotatable bonds is 16. The molecule has 0 amide bonds. The third-order valence-corrected chi connectivity index (χ3v) is 7.14. The first-order valence-corrected chi connectivity index (χ1v) is 14.4. The van der Waals surface area contributed by atoms with Crippen molar-refractivity contribution in [3.05, 3.63) is 46.4 Å². The lowest BCUT2D eigenvalue weighted by Gasteiger charge is -2.19. The first-order valence-electron chi connectivity index (χ1n) is 13.6. The fraction of sp³-hybridized carbons (Fsp3) is 0.500. The van der Waals surface area contributed by atoms with Gasteiger partial charge in [-0.2, -0.15) is 0 Å². The van der Waals surface area contributed by atoms with Crippen LogP contribution in [0.4, 0.5) is 0 Å². The van der Waals surface area contributed by atoms with E-state index in [0.29, 0.717) is 13.2 Å². The van der Waals surface area contributed by atoms with Crippen LogP contribution >= 0.6 is 15.9 Å². The van der Waals surface area contributed by atoms with Gasteiger partial charge in [-0.25, -0.2) is 0 Å². The molecule has 0 saturated carbocycles. The molecule has 3 heteroatoms. The number of hydrogen-bond donors (Lipinski definition) is 0. The summed E-state index contributed by atoms with van der Waals surface area (Å²) in [5, 5.41) is 4.40. The number of hydrogen-bond acceptors (Lipinski definition) is 2. The Bertz CT molecular complexity index is 1110. The highest BCUT2D eigenvalue weighted by molar-refractivity contribution is 9.10. The Labute approximate surface area is 220 Å². The Hall–Kier alpha value is -2.18. The van der Waals surface area contributed by atoms with Gasteiger partial charge < -0.3 is 9.47 Å². The van der Waals surface area contributed by atoms with Crippen molar-refractivity contribution < 1.29 is 9.47 Å². The van der Waals surface area contributed by atoms with Crippen molar-refractivity contribution >= 4 is 37.5 Å². The van der Waals surface area contributed by atoms with E-state index in [0.717, 1.165) is 55.9 Å². The highest BCUT2D eigenvalue weighted by Gasteiger charge is 2.18. The molecule has 0 atom stereocenters. The van der Waals surface area contributed by atoms with E-state index in [1.807, 2.05) is 6.07 Å². The van der Waals surface area contributed by atoms with Crippen LogP contribution in [0.15, 0.2) is 40.9 Å². The molecule has 0 unspecified atom stereocenters. The summed E-state index contributed by atoms with van der Waals surface area (Å²) < 4.78 is 14.0. The van der Waals surface area contributed by atoms with Crippen LogP contribution in [0.5, 0.6) is 11.5 Å². The van der Waals surface area contributed by atoms with Gasteiger partial charge in [-0.05, 0) is 60.0 Å². The highest BCUT2D eigenvalue weighted by Crippen LogP contribution is 2.45. The van der Waals surface area contributed by atoms with Gasteiger partial charge in [0.2, 0.25) is 0 Å². The van der Waals surface area contributed by atoms with Crippen LogP contribution in [0.25, 0.3) is 21.5 Å². The Morgan fingerprint density at radius 1 is 0.629 bits per heavy atom. The molecule has 0 heterocycles. The largest absolute Gasteiger partial charge is 0.489 e. The molecule has 188 valence electrons. The van der Waals surface area contributed by atoms with Crippen molar-refractivity contribution in [2.45, 2.75) is 90.9 Å². The standard InChI is InChI=1S/C32H41BrO2/c1-4-7-9-11-13-15-21-34-31-27-19-17-25(6-3)23-29(27)30-24-26(33)18-20-28(30)32(31)35-22-16-14-12-10-8-5-2/h3,17-20,23-24H,4-5,7-16,21-22H2,1-2H3. The SMILES string of the molecule is C#Cc1ccc2c(OCCCCCCCC)c(OCCCCCCCC)c3ccc(Br)cc3c2c1. The second-order valence-corrected chi connectivity index (χ2v) is 10.4. The molecule has 3 aromatic rings. The average Bonchev–Trinajstić information content (AvgIpc) is 2.88. The van der Waals surface area contributed by atoms with Crippen LogP contribution in [0.1, 0.15) is 96.5 Å². The summed E-state index contributed by atoms with van der Waals surface area (Å²) in [6.07, 6.45) is 20.6. The zero-order valence-corrected chi connectivity index (χ0v) is 23.2. The lowest BCUT2D eigenvalue weighted by Crippen LogP contribution is -2.04. The maximum absolute atomic E-state index is 6.49. The van der Waals surface area contributed by atoms with E-state index < -0.39 is 0 Å². The summed E-state index contributed by atoms with van der Waals surface area (Å²) in [6.45, 7) is 5.92. The van der Waals surface area contributed by atoms with Crippen molar-refractivity contribution in [2.24, 2.45) is 0 Å². The van der Waals surface area contributed by atoms with E-state index in [1.165, 1.54) is 64.2 Å². The van der Waals surface area contributed by atoms with Gasteiger partial charge in [0, 0.05) is 20.8 Å². The monoisotopic (exact) mass is 536 g/mol. The van der Waals surface area contributed by atoms with E-state index in [-0.39, 0.29) is 0 Å². The van der Waals surface area contributed by atoms with Crippen LogP contribution in [0.3, 0.4) is 0 Å². The van der Waals surface area contributed by atoms with Crippen molar-refractivity contribution in [3.8, 4) is 23.8 Å². The molecule has 0 aliphatic heterocycles. The third-order valence-electron chi connectivity index (χ3n) is 6.64. The summed E-state index contributed by atoms with van der Waals surface area (Å²) in [5.74, 6) is 4.52. The molecule has 0 N–H and O–H groups in total. The van der Waals surface area contributed by atoms with Gasteiger partial charge in [0.1, 0.15) is 0 Å². The molecule has 3 rings (SSSR count). The number of halogens is 1. The average molecular weight is 538 g/mol. The van der Waals surface area contributed by atoms with E-state index in [2.05, 4.69) is 66.0 Å². The molecule has 3 aromatic carbocycles.